The fraction of sp³-hybridized carbons (Fsp3) is 0.235. The van der Waals surface area contributed by atoms with Crippen LogP contribution in [0.3, 0.4) is 0 Å². The molecule has 0 aliphatic rings. The first-order valence-corrected chi connectivity index (χ1v) is 9.34. The van der Waals surface area contributed by atoms with Crippen molar-refractivity contribution in [2.45, 2.75) is 17.9 Å². The van der Waals surface area contributed by atoms with Gasteiger partial charge in [0.15, 0.2) is 9.84 Å². The summed E-state index contributed by atoms with van der Waals surface area (Å²) in [6.45, 7) is 2.05. The lowest BCUT2D eigenvalue weighted by Crippen LogP contribution is -2.23. The van der Waals surface area contributed by atoms with Crippen LogP contribution in [0.25, 0.3) is 10.9 Å². The van der Waals surface area contributed by atoms with E-state index in [1.807, 2.05) is 37.2 Å². The van der Waals surface area contributed by atoms with Gasteiger partial charge in [0, 0.05) is 31.1 Å². The van der Waals surface area contributed by atoms with Crippen LogP contribution in [0.5, 0.6) is 0 Å². The molecule has 24 heavy (non-hydrogen) atoms. The Kier molecular flexibility index (Phi) is 4.19. The first-order valence-electron chi connectivity index (χ1n) is 7.45. The summed E-state index contributed by atoms with van der Waals surface area (Å²) in [4.78, 5) is 15.0. The number of nitrogens with zero attached hydrogens (tertiary/aromatic N) is 4. The van der Waals surface area contributed by atoms with Crippen LogP contribution in [0.15, 0.2) is 53.9 Å². The summed E-state index contributed by atoms with van der Waals surface area (Å²) in [6.07, 6.45) is 6.23. The Bertz CT molecular complexity index is 974. The molecule has 2 heterocycles. The molecule has 1 unspecified atom stereocenters. The van der Waals surface area contributed by atoms with Crippen molar-refractivity contribution in [1.29, 1.82) is 0 Å². The van der Waals surface area contributed by atoms with E-state index in [9.17, 15) is 8.42 Å². The van der Waals surface area contributed by atoms with Gasteiger partial charge in [-0.1, -0.05) is 6.07 Å². The Morgan fingerprint density at radius 1 is 1.17 bits per heavy atom. The molecule has 0 aliphatic heterocycles. The minimum absolute atomic E-state index is 0.0266. The average Bonchev–Trinajstić information content (AvgIpc) is 2.59. The first kappa shape index (κ1) is 16.3. The lowest BCUT2D eigenvalue weighted by atomic mass is 10.1. The molecule has 1 aromatic carbocycles. The lowest BCUT2D eigenvalue weighted by Gasteiger charge is -2.27. The molecule has 0 spiro atoms. The summed E-state index contributed by atoms with van der Waals surface area (Å²) >= 11 is 0. The summed E-state index contributed by atoms with van der Waals surface area (Å²) in [5.41, 5.74) is 1.75. The molecule has 3 aromatic rings. The molecule has 0 saturated carbocycles. The van der Waals surface area contributed by atoms with Gasteiger partial charge in [-0.25, -0.2) is 18.4 Å². The molecular weight excluding hydrogens is 324 g/mol. The van der Waals surface area contributed by atoms with Crippen LogP contribution in [-0.4, -0.2) is 36.7 Å². The van der Waals surface area contributed by atoms with Gasteiger partial charge in [-0.3, -0.25) is 4.98 Å². The Hall–Kier alpha value is -2.54. The molecule has 0 fully saturated rings. The highest BCUT2D eigenvalue weighted by molar-refractivity contribution is 7.90. The molecular formula is C17H18N4O2S. The molecule has 0 saturated heterocycles. The van der Waals surface area contributed by atoms with Crippen molar-refractivity contribution in [2.75, 3.05) is 18.2 Å². The zero-order chi connectivity index (χ0) is 17.3. The van der Waals surface area contributed by atoms with Crippen LogP contribution >= 0.6 is 0 Å². The topological polar surface area (TPSA) is 76.1 Å². The summed E-state index contributed by atoms with van der Waals surface area (Å²) < 4.78 is 23.7. The molecule has 0 amide bonds. The van der Waals surface area contributed by atoms with Crippen LogP contribution in [0.4, 0.5) is 5.82 Å². The zero-order valence-corrected chi connectivity index (χ0v) is 14.5. The van der Waals surface area contributed by atoms with E-state index in [2.05, 4.69) is 15.0 Å². The molecule has 3 rings (SSSR count). The van der Waals surface area contributed by atoms with Gasteiger partial charge in [-0.05, 0) is 36.8 Å². The smallest absolute Gasteiger partial charge is 0.175 e. The fourth-order valence-corrected chi connectivity index (χ4v) is 3.21. The van der Waals surface area contributed by atoms with E-state index in [-0.39, 0.29) is 10.9 Å². The highest BCUT2D eigenvalue weighted by Crippen LogP contribution is 2.30. The second kappa shape index (κ2) is 6.16. The third-order valence-electron chi connectivity index (χ3n) is 4.10. The van der Waals surface area contributed by atoms with Gasteiger partial charge in [0.25, 0.3) is 0 Å². The highest BCUT2D eigenvalue weighted by atomic mass is 32.2. The Labute approximate surface area is 141 Å². The van der Waals surface area contributed by atoms with E-state index in [1.165, 1.54) is 12.6 Å². The van der Waals surface area contributed by atoms with E-state index >= 15 is 0 Å². The SMILES string of the molecule is CC(c1cccnc1)N(C)c1ncnc2ccc(S(C)(=O)=O)cc12. The summed E-state index contributed by atoms with van der Waals surface area (Å²) in [5.74, 6) is 0.682. The number of pyridine rings is 1. The van der Waals surface area contributed by atoms with E-state index < -0.39 is 9.84 Å². The Morgan fingerprint density at radius 2 is 1.96 bits per heavy atom. The van der Waals surface area contributed by atoms with Crippen molar-refractivity contribution in [3.8, 4) is 0 Å². The second-order valence-electron chi connectivity index (χ2n) is 5.72. The van der Waals surface area contributed by atoms with Gasteiger partial charge in [-0.15, -0.1) is 0 Å². The molecule has 2 aromatic heterocycles. The maximum atomic E-state index is 11.9. The standard InChI is InChI=1S/C17H18N4O2S/c1-12(13-5-4-8-18-10-13)21(2)17-15-9-14(24(3,22)23)6-7-16(15)19-11-20-17/h4-12H,1-3H3. The predicted molar refractivity (Wildman–Crippen MR) is 93.7 cm³/mol. The number of sulfone groups is 1. The molecule has 7 heteroatoms. The van der Waals surface area contributed by atoms with Crippen molar-refractivity contribution in [3.05, 3.63) is 54.6 Å². The number of hydrogen-bond donors (Lipinski definition) is 0. The van der Waals surface area contributed by atoms with Gasteiger partial charge in [0.2, 0.25) is 0 Å². The van der Waals surface area contributed by atoms with Crippen molar-refractivity contribution in [1.82, 2.24) is 15.0 Å². The van der Waals surface area contributed by atoms with Crippen molar-refractivity contribution >= 4 is 26.6 Å². The van der Waals surface area contributed by atoms with E-state index in [4.69, 9.17) is 0 Å². The van der Waals surface area contributed by atoms with Gasteiger partial charge >= 0.3 is 0 Å². The normalized spacial score (nSPS) is 13.0. The number of aromatic nitrogens is 3. The fourth-order valence-electron chi connectivity index (χ4n) is 2.56. The number of rotatable bonds is 4. The van der Waals surface area contributed by atoms with Crippen LogP contribution in [-0.2, 0) is 9.84 Å². The molecule has 0 radical (unpaired) electrons. The number of hydrogen-bond acceptors (Lipinski definition) is 6. The monoisotopic (exact) mass is 342 g/mol. The van der Waals surface area contributed by atoms with Gasteiger partial charge in [-0.2, -0.15) is 0 Å². The van der Waals surface area contributed by atoms with Gasteiger partial charge in [0.1, 0.15) is 12.1 Å². The highest BCUT2D eigenvalue weighted by Gasteiger charge is 2.18. The number of fused-ring (bicyclic) bond motifs is 1. The zero-order valence-electron chi connectivity index (χ0n) is 13.7. The quantitative estimate of drug-likeness (QED) is 0.725. The van der Waals surface area contributed by atoms with E-state index in [1.54, 1.807) is 24.4 Å². The van der Waals surface area contributed by atoms with Crippen molar-refractivity contribution in [3.63, 3.8) is 0 Å². The average molecular weight is 342 g/mol. The Balaban J connectivity index is 2.11. The van der Waals surface area contributed by atoms with Crippen molar-refractivity contribution in [2.24, 2.45) is 0 Å². The molecule has 0 bridgehead atoms. The predicted octanol–water partition coefficient (Wildman–Crippen LogP) is 2.63. The molecule has 0 N–H and O–H groups in total. The van der Waals surface area contributed by atoms with Crippen LogP contribution < -0.4 is 4.90 Å². The van der Waals surface area contributed by atoms with Gasteiger partial charge in [0.05, 0.1) is 16.5 Å². The molecule has 0 aliphatic carbocycles. The van der Waals surface area contributed by atoms with Gasteiger partial charge < -0.3 is 4.90 Å². The van der Waals surface area contributed by atoms with Crippen LogP contribution in [0.1, 0.15) is 18.5 Å². The van der Waals surface area contributed by atoms with Crippen LogP contribution in [0, 0.1) is 0 Å². The second-order valence-corrected chi connectivity index (χ2v) is 7.74. The van der Waals surface area contributed by atoms with E-state index in [0.29, 0.717) is 16.7 Å². The minimum atomic E-state index is -3.29. The third-order valence-corrected chi connectivity index (χ3v) is 5.21. The summed E-state index contributed by atoms with van der Waals surface area (Å²) in [6, 6.07) is 8.82. The van der Waals surface area contributed by atoms with E-state index in [0.717, 1.165) is 5.56 Å². The van der Waals surface area contributed by atoms with Crippen LogP contribution in [0.2, 0.25) is 0 Å². The largest absolute Gasteiger partial charge is 0.352 e. The number of anilines is 1. The lowest BCUT2D eigenvalue weighted by molar-refractivity contribution is 0.602. The third kappa shape index (κ3) is 3.07. The molecule has 124 valence electrons. The Morgan fingerprint density at radius 3 is 2.62 bits per heavy atom. The maximum absolute atomic E-state index is 11.9. The first-order chi connectivity index (χ1) is 11.4. The summed E-state index contributed by atoms with van der Waals surface area (Å²) in [5, 5.41) is 0.707. The summed E-state index contributed by atoms with van der Waals surface area (Å²) in [7, 11) is -1.37. The minimum Gasteiger partial charge on any atom is -0.352 e. The van der Waals surface area contributed by atoms with Crippen molar-refractivity contribution < 1.29 is 8.42 Å². The maximum Gasteiger partial charge on any atom is 0.175 e. The number of benzene rings is 1. The molecule has 6 nitrogen and oxygen atoms in total. The molecule has 1 atom stereocenters.